The lowest BCUT2D eigenvalue weighted by molar-refractivity contribution is -0.139. The molecule has 1 N–H and O–H groups in total. The highest BCUT2D eigenvalue weighted by Crippen LogP contribution is 2.31. The number of carbonyl (C=O) groups is 2. The topological polar surface area (TPSA) is 58.6 Å². The highest BCUT2D eigenvalue weighted by Gasteiger charge is 2.35. The molecule has 0 radical (unpaired) electrons. The van der Waals surface area contributed by atoms with Crippen LogP contribution >= 0.6 is 11.3 Å². The average Bonchev–Trinajstić information content (AvgIpc) is 3.18. The Morgan fingerprint density at radius 1 is 1.27 bits per heavy atom. The lowest BCUT2D eigenvalue weighted by Crippen LogP contribution is -2.46. The van der Waals surface area contributed by atoms with E-state index in [4.69, 9.17) is 4.74 Å². The van der Waals surface area contributed by atoms with Crippen LogP contribution in [0.4, 0.5) is 4.79 Å². The number of benzene rings is 1. The number of nitrogens with zero attached hydrogens (tertiary/aromatic N) is 1. The molecule has 2 amide bonds. The molecule has 1 aromatic carbocycles. The van der Waals surface area contributed by atoms with Gasteiger partial charge in [0.15, 0.2) is 0 Å². The number of hydrogen-bond donors (Lipinski definition) is 1. The second-order valence-electron chi connectivity index (χ2n) is 6.22. The van der Waals surface area contributed by atoms with E-state index in [1.54, 1.807) is 14.0 Å². The summed E-state index contributed by atoms with van der Waals surface area (Å²) < 4.78 is 5.51. The van der Waals surface area contributed by atoms with E-state index in [9.17, 15) is 9.59 Å². The minimum atomic E-state index is -0.466. The number of thiophene rings is 1. The summed E-state index contributed by atoms with van der Waals surface area (Å²) >= 11 is 1.53. The number of rotatable bonds is 6. The first-order valence-corrected chi connectivity index (χ1v) is 9.50. The normalized spacial score (nSPS) is 17.2. The Kier molecular flexibility index (Phi) is 5.73. The Bertz CT molecular complexity index is 800. The summed E-state index contributed by atoms with van der Waals surface area (Å²) in [4.78, 5) is 26.3. The van der Waals surface area contributed by atoms with Gasteiger partial charge in [0.25, 0.3) is 0 Å². The van der Waals surface area contributed by atoms with Crippen LogP contribution in [0.15, 0.2) is 58.4 Å². The van der Waals surface area contributed by atoms with Crippen LogP contribution in [-0.2, 0) is 16.0 Å². The van der Waals surface area contributed by atoms with Crippen LogP contribution in [0.1, 0.15) is 30.5 Å². The number of ether oxygens (including phenoxy) is 1. The molecule has 0 spiro atoms. The van der Waals surface area contributed by atoms with Crippen molar-refractivity contribution in [3.63, 3.8) is 0 Å². The minimum absolute atomic E-state index is 0.223. The quantitative estimate of drug-likeness (QED) is 0.620. The smallest absolute Gasteiger partial charge is 0.338 e. The average molecular weight is 370 g/mol. The maximum atomic E-state index is 12.7. The molecular formula is C20H22N2O3S. The first kappa shape index (κ1) is 18.2. The van der Waals surface area contributed by atoms with Crippen molar-refractivity contribution in [1.82, 2.24) is 10.2 Å². The molecule has 0 saturated carbocycles. The summed E-state index contributed by atoms with van der Waals surface area (Å²) in [5.41, 5.74) is 3.23. The van der Waals surface area contributed by atoms with Gasteiger partial charge in [0.2, 0.25) is 0 Å². The Balaban J connectivity index is 1.67. The van der Waals surface area contributed by atoms with Gasteiger partial charge in [-0.2, -0.15) is 11.3 Å². The van der Waals surface area contributed by atoms with Crippen LogP contribution < -0.4 is 5.32 Å². The van der Waals surface area contributed by atoms with Gasteiger partial charge in [-0.1, -0.05) is 30.3 Å². The molecule has 1 atom stereocenters. The van der Waals surface area contributed by atoms with E-state index >= 15 is 0 Å². The summed E-state index contributed by atoms with van der Waals surface area (Å²) in [6.07, 6.45) is 1.62. The number of esters is 1. The van der Waals surface area contributed by atoms with Crippen molar-refractivity contribution in [2.24, 2.45) is 0 Å². The van der Waals surface area contributed by atoms with E-state index in [1.165, 1.54) is 21.8 Å². The van der Waals surface area contributed by atoms with Gasteiger partial charge in [-0.25, -0.2) is 9.59 Å². The van der Waals surface area contributed by atoms with Crippen LogP contribution in [0.2, 0.25) is 0 Å². The maximum absolute atomic E-state index is 12.7. The van der Waals surface area contributed by atoms with Gasteiger partial charge in [-0.3, -0.25) is 0 Å². The highest BCUT2D eigenvalue weighted by atomic mass is 32.1. The third-order valence-electron chi connectivity index (χ3n) is 4.54. The van der Waals surface area contributed by atoms with Crippen molar-refractivity contribution in [2.75, 3.05) is 13.7 Å². The third kappa shape index (κ3) is 3.96. The molecular weight excluding hydrogens is 348 g/mol. The van der Waals surface area contributed by atoms with Crippen molar-refractivity contribution >= 4 is 23.3 Å². The standard InChI is InChI=1S/C20H22N2O3S/c1-14-17(18(16-10-12-26-13-16)21-20(24)22(14)2)19(23)25-11-6-9-15-7-4-3-5-8-15/h3-5,7-8,10,12-13,18H,6,9,11H2,1-2H3,(H,21,24)/t18-/m0/s1. The predicted octanol–water partition coefficient (Wildman–Crippen LogP) is 3.89. The molecule has 0 saturated heterocycles. The molecule has 26 heavy (non-hydrogen) atoms. The number of hydrogen-bond acceptors (Lipinski definition) is 4. The summed E-state index contributed by atoms with van der Waals surface area (Å²) in [6.45, 7) is 2.12. The molecule has 0 unspecified atom stereocenters. The minimum Gasteiger partial charge on any atom is -0.462 e. The highest BCUT2D eigenvalue weighted by molar-refractivity contribution is 7.08. The molecule has 1 aliphatic heterocycles. The Labute approximate surface area is 157 Å². The molecule has 2 aromatic rings. The van der Waals surface area contributed by atoms with Crippen LogP contribution in [-0.4, -0.2) is 30.6 Å². The molecule has 3 rings (SSSR count). The molecule has 1 aliphatic rings. The third-order valence-corrected chi connectivity index (χ3v) is 5.24. The zero-order chi connectivity index (χ0) is 18.5. The van der Waals surface area contributed by atoms with Crippen molar-refractivity contribution in [2.45, 2.75) is 25.8 Å². The summed E-state index contributed by atoms with van der Waals surface area (Å²) in [5.74, 6) is -0.376. The fraction of sp³-hybridized carbons (Fsp3) is 0.300. The molecule has 136 valence electrons. The first-order valence-electron chi connectivity index (χ1n) is 8.56. The Morgan fingerprint density at radius 2 is 2.04 bits per heavy atom. The second kappa shape index (κ2) is 8.19. The fourth-order valence-corrected chi connectivity index (χ4v) is 3.64. The number of nitrogens with one attached hydrogen (secondary N) is 1. The van der Waals surface area contributed by atoms with Crippen molar-refractivity contribution in [3.05, 3.63) is 69.6 Å². The van der Waals surface area contributed by atoms with Crippen LogP contribution in [0.3, 0.4) is 0 Å². The summed E-state index contributed by atoms with van der Waals surface area (Å²) in [6, 6.07) is 11.3. The van der Waals surface area contributed by atoms with Gasteiger partial charge < -0.3 is 15.0 Å². The number of carbonyl (C=O) groups excluding carboxylic acids is 2. The van der Waals surface area contributed by atoms with Crippen LogP contribution in [0, 0.1) is 0 Å². The van der Waals surface area contributed by atoms with Gasteiger partial charge in [0.1, 0.15) is 0 Å². The van der Waals surface area contributed by atoms with E-state index in [1.807, 2.05) is 35.0 Å². The molecule has 2 heterocycles. The largest absolute Gasteiger partial charge is 0.462 e. The zero-order valence-electron chi connectivity index (χ0n) is 14.9. The molecule has 5 nitrogen and oxygen atoms in total. The van der Waals surface area contributed by atoms with Gasteiger partial charge in [0, 0.05) is 12.7 Å². The Morgan fingerprint density at radius 3 is 2.73 bits per heavy atom. The van der Waals surface area contributed by atoms with Gasteiger partial charge >= 0.3 is 12.0 Å². The van der Waals surface area contributed by atoms with Gasteiger partial charge in [-0.05, 0) is 47.7 Å². The molecule has 0 bridgehead atoms. The van der Waals surface area contributed by atoms with Crippen molar-refractivity contribution < 1.29 is 14.3 Å². The predicted molar refractivity (Wildman–Crippen MR) is 102 cm³/mol. The van der Waals surface area contributed by atoms with Gasteiger partial charge in [-0.15, -0.1) is 0 Å². The fourth-order valence-electron chi connectivity index (χ4n) is 2.95. The van der Waals surface area contributed by atoms with E-state index < -0.39 is 6.04 Å². The summed E-state index contributed by atoms with van der Waals surface area (Å²) in [7, 11) is 1.65. The molecule has 0 fully saturated rings. The number of allylic oxidation sites excluding steroid dienone is 1. The first-order chi connectivity index (χ1) is 12.6. The molecule has 0 aliphatic carbocycles. The second-order valence-corrected chi connectivity index (χ2v) is 7.00. The van der Waals surface area contributed by atoms with Crippen LogP contribution in [0.25, 0.3) is 0 Å². The monoisotopic (exact) mass is 370 g/mol. The Hall–Kier alpha value is -2.60. The van der Waals surface area contributed by atoms with E-state index in [0.29, 0.717) is 17.9 Å². The van der Waals surface area contributed by atoms with E-state index in [0.717, 1.165) is 18.4 Å². The van der Waals surface area contributed by atoms with Crippen LogP contribution in [0.5, 0.6) is 0 Å². The zero-order valence-corrected chi connectivity index (χ0v) is 15.7. The lowest BCUT2D eigenvalue weighted by atomic mass is 9.97. The van der Waals surface area contributed by atoms with Gasteiger partial charge in [0.05, 0.1) is 18.2 Å². The maximum Gasteiger partial charge on any atom is 0.338 e. The van der Waals surface area contributed by atoms with Crippen molar-refractivity contribution in [3.8, 4) is 0 Å². The summed E-state index contributed by atoms with van der Waals surface area (Å²) in [5, 5.41) is 6.75. The lowest BCUT2D eigenvalue weighted by Gasteiger charge is -2.32. The molecule has 1 aromatic heterocycles. The SMILES string of the molecule is CC1=C(C(=O)OCCCc2ccccc2)[C@H](c2ccsc2)NC(=O)N1C. The van der Waals surface area contributed by atoms with E-state index in [2.05, 4.69) is 17.4 Å². The van der Waals surface area contributed by atoms with Crippen molar-refractivity contribution in [1.29, 1.82) is 0 Å². The number of urea groups is 1. The number of amides is 2. The number of aryl methyl sites for hydroxylation is 1. The molecule has 6 heteroatoms. The van der Waals surface area contributed by atoms with E-state index in [-0.39, 0.29) is 12.0 Å².